The number of nitrogens with one attached hydrogen (secondary N) is 1. The Kier molecular flexibility index (Phi) is 4.65. The molecule has 3 N–H and O–H groups in total. The van der Waals surface area contributed by atoms with Crippen LogP contribution >= 0.6 is 0 Å². The first-order chi connectivity index (χ1) is 12.1. The van der Waals surface area contributed by atoms with Gasteiger partial charge in [0.2, 0.25) is 0 Å². The van der Waals surface area contributed by atoms with Gasteiger partial charge in [0.1, 0.15) is 29.0 Å². The fourth-order valence-corrected chi connectivity index (χ4v) is 2.30. The molecule has 0 saturated heterocycles. The van der Waals surface area contributed by atoms with Crippen molar-refractivity contribution in [1.82, 2.24) is 9.97 Å². The van der Waals surface area contributed by atoms with Crippen molar-refractivity contribution >= 4 is 17.3 Å². The van der Waals surface area contributed by atoms with Gasteiger partial charge in [-0.25, -0.2) is 14.4 Å². The summed E-state index contributed by atoms with van der Waals surface area (Å²) in [5.41, 5.74) is 7.25. The van der Waals surface area contributed by atoms with Gasteiger partial charge in [-0.2, -0.15) is 0 Å². The first kappa shape index (κ1) is 16.5. The van der Waals surface area contributed by atoms with E-state index in [-0.39, 0.29) is 5.82 Å². The molecule has 0 aliphatic rings. The number of anilines is 3. The lowest BCUT2D eigenvalue weighted by Crippen LogP contribution is -2.02. The zero-order valence-corrected chi connectivity index (χ0v) is 13.8. The molecule has 0 radical (unpaired) electrons. The number of aromatic nitrogens is 2. The van der Waals surface area contributed by atoms with E-state index in [1.807, 2.05) is 6.07 Å². The van der Waals surface area contributed by atoms with Crippen molar-refractivity contribution in [3.05, 3.63) is 54.3 Å². The first-order valence-corrected chi connectivity index (χ1v) is 7.48. The van der Waals surface area contributed by atoms with Crippen molar-refractivity contribution in [2.24, 2.45) is 0 Å². The first-order valence-electron chi connectivity index (χ1n) is 7.48. The summed E-state index contributed by atoms with van der Waals surface area (Å²) in [6, 6.07) is 12.9. The van der Waals surface area contributed by atoms with Crippen LogP contribution in [0.4, 0.5) is 21.7 Å². The van der Waals surface area contributed by atoms with E-state index >= 15 is 0 Å². The van der Waals surface area contributed by atoms with Crippen molar-refractivity contribution in [1.29, 1.82) is 0 Å². The van der Waals surface area contributed by atoms with Gasteiger partial charge in [0, 0.05) is 17.7 Å². The molecule has 3 aromatic rings. The average molecular weight is 340 g/mol. The second kappa shape index (κ2) is 7.04. The molecule has 0 saturated carbocycles. The van der Waals surface area contributed by atoms with Gasteiger partial charge in [0.25, 0.3) is 0 Å². The number of hydrogen-bond acceptors (Lipinski definition) is 6. The Morgan fingerprint density at radius 1 is 0.960 bits per heavy atom. The van der Waals surface area contributed by atoms with Gasteiger partial charge >= 0.3 is 0 Å². The van der Waals surface area contributed by atoms with E-state index in [1.54, 1.807) is 44.6 Å². The summed E-state index contributed by atoms with van der Waals surface area (Å²) in [5, 5.41) is 3.15. The Balaban J connectivity index is 1.94. The molecule has 1 heterocycles. The van der Waals surface area contributed by atoms with Crippen LogP contribution in [-0.2, 0) is 0 Å². The SMILES string of the molecule is COc1ccc(Nc2cc(N)nc(-c3ccc(F)cc3)n2)c(OC)c1. The van der Waals surface area contributed by atoms with E-state index in [4.69, 9.17) is 15.2 Å². The molecule has 25 heavy (non-hydrogen) atoms. The molecule has 6 nitrogen and oxygen atoms in total. The van der Waals surface area contributed by atoms with E-state index in [1.165, 1.54) is 12.1 Å². The molecule has 0 fully saturated rings. The zero-order chi connectivity index (χ0) is 17.8. The maximum atomic E-state index is 13.1. The van der Waals surface area contributed by atoms with Crippen LogP contribution in [-0.4, -0.2) is 24.2 Å². The van der Waals surface area contributed by atoms with Gasteiger partial charge in [-0.1, -0.05) is 0 Å². The highest BCUT2D eigenvalue weighted by Gasteiger charge is 2.09. The monoisotopic (exact) mass is 340 g/mol. The van der Waals surface area contributed by atoms with Crippen molar-refractivity contribution in [2.75, 3.05) is 25.3 Å². The summed E-state index contributed by atoms with van der Waals surface area (Å²) in [6.45, 7) is 0. The van der Waals surface area contributed by atoms with Crippen molar-refractivity contribution in [3.63, 3.8) is 0 Å². The normalized spacial score (nSPS) is 10.4. The van der Waals surface area contributed by atoms with Crippen LogP contribution < -0.4 is 20.5 Å². The lowest BCUT2D eigenvalue weighted by Gasteiger charge is -2.13. The highest BCUT2D eigenvalue weighted by Crippen LogP contribution is 2.31. The Hall–Kier alpha value is -3.35. The third kappa shape index (κ3) is 3.77. The standard InChI is InChI=1S/C18H17FN4O2/c1-24-13-7-8-14(15(9-13)25-2)21-17-10-16(20)22-18(23-17)11-3-5-12(19)6-4-11/h3-10H,1-2H3,(H3,20,21,22,23). The average Bonchev–Trinajstić information content (AvgIpc) is 2.62. The molecule has 0 atom stereocenters. The van der Waals surface area contributed by atoms with Crippen LogP contribution in [0.2, 0.25) is 0 Å². The van der Waals surface area contributed by atoms with Gasteiger partial charge in [-0.15, -0.1) is 0 Å². The molecule has 2 aromatic carbocycles. The molecular formula is C18H17FN4O2. The third-order valence-corrected chi connectivity index (χ3v) is 3.52. The van der Waals surface area contributed by atoms with Crippen LogP contribution in [0.25, 0.3) is 11.4 Å². The topological polar surface area (TPSA) is 82.3 Å². The number of nitrogens with two attached hydrogens (primary N) is 1. The summed E-state index contributed by atoms with van der Waals surface area (Å²) < 4.78 is 23.6. The Morgan fingerprint density at radius 3 is 2.40 bits per heavy atom. The fraction of sp³-hybridized carbons (Fsp3) is 0.111. The highest BCUT2D eigenvalue weighted by molar-refractivity contribution is 5.69. The summed E-state index contributed by atoms with van der Waals surface area (Å²) >= 11 is 0. The number of hydrogen-bond donors (Lipinski definition) is 2. The molecule has 0 bridgehead atoms. The van der Waals surface area contributed by atoms with Gasteiger partial charge in [-0.3, -0.25) is 0 Å². The van der Waals surface area contributed by atoms with Crippen LogP contribution in [0, 0.1) is 5.82 Å². The van der Waals surface area contributed by atoms with Gasteiger partial charge < -0.3 is 20.5 Å². The van der Waals surface area contributed by atoms with Crippen molar-refractivity contribution < 1.29 is 13.9 Å². The second-order valence-corrected chi connectivity index (χ2v) is 5.20. The smallest absolute Gasteiger partial charge is 0.163 e. The minimum Gasteiger partial charge on any atom is -0.497 e. The highest BCUT2D eigenvalue weighted by atomic mass is 19.1. The van der Waals surface area contributed by atoms with Crippen molar-refractivity contribution in [3.8, 4) is 22.9 Å². The number of rotatable bonds is 5. The molecule has 1 aromatic heterocycles. The lowest BCUT2D eigenvalue weighted by molar-refractivity contribution is 0.395. The Bertz CT molecular complexity index is 885. The number of benzene rings is 2. The lowest BCUT2D eigenvalue weighted by atomic mass is 10.2. The fourth-order valence-electron chi connectivity index (χ4n) is 2.30. The third-order valence-electron chi connectivity index (χ3n) is 3.52. The molecule has 3 rings (SSSR count). The van der Waals surface area contributed by atoms with Crippen LogP contribution in [0.3, 0.4) is 0 Å². The maximum absolute atomic E-state index is 13.1. The molecular weight excluding hydrogens is 323 g/mol. The summed E-state index contributed by atoms with van der Waals surface area (Å²) in [5.74, 6) is 2.14. The molecule has 7 heteroatoms. The van der Waals surface area contributed by atoms with E-state index in [9.17, 15) is 4.39 Å². The molecule has 0 amide bonds. The Morgan fingerprint density at radius 2 is 1.72 bits per heavy atom. The minimum atomic E-state index is -0.325. The molecule has 0 aliphatic carbocycles. The largest absolute Gasteiger partial charge is 0.497 e. The van der Waals surface area contributed by atoms with E-state index < -0.39 is 0 Å². The molecule has 0 spiro atoms. The van der Waals surface area contributed by atoms with Gasteiger partial charge in [0.15, 0.2) is 5.82 Å². The molecule has 128 valence electrons. The van der Waals surface area contributed by atoms with Gasteiger partial charge in [-0.05, 0) is 36.4 Å². The van der Waals surface area contributed by atoms with E-state index in [0.29, 0.717) is 40.2 Å². The number of ether oxygens (including phenoxy) is 2. The zero-order valence-electron chi connectivity index (χ0n) is 13.8. The van der Waals surface area contributed by atoms with Crippen molar-refractivity contribution in [2.45, 2.75) is 0 Å². The van der Waals surface area contributed by atoms with E-state index in [0.717, 1.165) is 0 Å². The predicted octanol–water partition coefficient (Wildman–Crippen LogP) is 3.63. The molecule has 0 unspecified atom stereocenters. The van der Waals surface area contributed by atoms with E-state index in [2.05, 4.69) is 15.3 Å². The van der Waals surface area contributed by atoms with Gasteiger partial charge in [0.05, 0.1) is 19.9 Å². The maximum Gasteiger partial charge on any atom is 0.163 e. The van der Waals surface area contributed by atoms with Crippen LogP contribution in [0.5, 0.6) is 11.5 Å². The molecule has 0 aliphatic heterocycles. The Labute approximate surface area is 144 Å². The minimum absolute atomic E-state index is 0.296. The number of halogens is 1. The second-order valence-electron chi connectivity index (χ2n) is 5.20. The summed E-state index contributed by atoms with van der Waals surface area (Å²) in [4.78, 5) is 8.63. The number of nitrogens with zero attached hydrogens (tertiary/aromatic N) is 2. The summed E-state index contributed by atoms with van der Waals surface area (Å²) in [6.07, 6.45) is 0. The number of nitrogen functional groups attached to an aromatic ring is 1. The summed E-state index contributed by atoms with van der Waals surface area (Å²) in [7, 11) is 3.15. The quantitative estimate of drug-likeness (QED) is 0.738. The van der Waals surface area contributed by atoms with Crippen LogP contribution in [0.1, 0.15) is 0 Å². The predicted molar refractivity (Wildman–Crippen MR) is 94.7 cm³/mol. The van der Waals surface area contributed by atoms with Crippen LogP contribution in [0.15, 0.2) is 48.5 Å². The number of methoxy groups -OCH3 is 2.